The number of para-hydroxylation sites is 1. The number of ketones is 1. The molecule has 0 bridgehead atoms. The molecule has 1 aliphatic carbocycles. The highest BCUT2D eigenvalue weighted by molar-refractivity contribution is 6.07. The maximum Gasteiger partial charge on any atom is 0.339 e. The van der Waals surface area contributed by atoms with Crippen molar-refractivity contribution in [2.24, 2.45) is 0 Å². The number of fused-ring (bicyclic) bond motifs is 2. The topological polar surface area (TPSA) is 56.3 Å². The number of rotatable bonds is 4. The molecular formula is C25H25NO3. The van der Waals surface area contributed by atoms with E-state index in [1.165, 1.54) is 0 Å². The van der Waals surface area contributed by atoms with E-state index in [0.717, 1.165) is 59.0 Å². The van der Waals surface area contributed by atoms with Gasteiger partial charge in [-0.2, -0.15) is 0 Å². The van der Waals surface area contributed by atoms with Gasteiger partial charge in [0.05, 0.1) is 11.1 Å². The molecule has 1 aromatic heterocycles. The van der Waals surface area contributed by atoms with E-state index in [0.29, 0.717) is 11.1 Å². The smallest absolute Gasteiger partial charge is 0.339 e. The van der Waals surface area contributed by atoms with Gasteiger partial charge in [-0.3, -0.25) is 9.78 Å². The summed E-state index contributed by atoms with van der Waals surface area (Å²) in [4.78, 5) is 30.8. The van der Waals surface area contributed by atoms with Gasteiger partial charge in [0.1, 0.15) is 0 Å². The fourth-order valence-corrected chi connectivity index (χ4v) is 4.01. The molecule has 4 heteroatoms. The van der Waals surface area contributed by atoms with Crippen LogP contribution in [0.5, 0.6) is 0 Å². The Bertz CT molecular complexity index is 1120. The van der Waals surface area contributed by atoms with Crippen LogP contribution in [-0.2, 0) is 17.6 Å². The van der Waals surface area contributed by atoms with Crippen molar-refractivity contribution in [3.63, 3.8) is 0 Å². The van der Waals surface area contributed by atoms with E-state index in [2.05, 4.69) is 0 Å². The van der Waals surface area contributed by atoms with E-state index in [4.69, 9.17) is 9.72 Å². The fourth-order valence-electron chi connectivity index (χ4n) is 4.01. The van der Waals surface area contributed by atoms with Gasteiger partial charge in [0.15, 0.2) is 6.10 Å². The van der Waals surface area contributed by atoms with Crippen LogP contribution in [0, 0.1) is 13.8 Å². The summed E-state index contributed by atoms with van der Waals surface area (Å²) in [5, 5.41) is 0.795. The lowest BCUT2D eigenvalue weighted by Crippen LogP contribution is -2.26. The summed E-state index contributed by atoms with van der Waals surface area (Å²) in [5.74, 6) is -0.625. The molecule has 3 aromatic rings. The Kier molecular flexibility index (Phi) is 5.18. The summed E-state index contributed by atoms with van der Waals surface area (Å²) in [7, 11) is 0. The van der Waals surface area contributed by atoms with Crippen molar-refractivity contribution in [3.8, 4) is 0 Å². The van der Waals surface area contributed by atoms with Crippen LogP contribution in [0.1, 0.15) is 62.9 Å². The highest BCUT2D eigenvalue weighted by Gasteiger charge is 2.27. The quantitative estimate of drug-likeness (QED) is 0.458. The summed E-state index contributed by atoms with van der Waals surface area (Å²) in [6.45, 7) is 5.62. The summed E-state index contributed by atoms with van der Waals surface area (Å²) in [6.07, 6.45) is 2.95. The van der Waals surface area contributed by atoms with E-state index >= 15 is 0 Å². The number of aromatic nitrogens is 1. The average molecular weight is 387 g/mol. The van der Waals surface area contributed by atoms with Crippen molar-refractivity contribution < 1.29 is 14.3 Å². The zero-order valence-corrected chi connectivity index (χ0v) is 17.1. The Balaban J connectivity index is 1.67. The van der Waals surface area contributed by atoms with Crippen LogP contribution in [0.25, 0.3) is 10.9 Å². The third kappa shape index (κ3) is 3.67. The minimum Gasteiger partial charge on any atom is -0.451 e. The molecule has 1 atom stereocenters. The Hall–Kier alpha value is -3.01. The molecule has 0 unspecified atom stereocenters. The maximum absolute atomic E-state index is 13.2. The monoisotopic (exact) mass is 387 g/mol. The van der Waals surface area contributed by atoms with Crippen LogP contribution in [0.4, 0.5) is 0 Å². The zero-order chi connectivity index (χ0) is 20.5. The molecule has 29 heavy (non-hydrogen) atoms. The van der Waals surface area contributed by atoms with Crippen LogP contribution < -0.4 is 0 Å². The molecule has 0 saturated heterocycles. The van der Waals surface area contributed by atoms with Crippen LogP contribution in [0.15, 0.2) is 42.5 Å². The van der Waals surface area contributed by atoms with Crippen LogP contribution in [0.3, 0.4) is 0 Å². The molecule has 4 rings (SSSR count). The number of nitrogens with zero attached hydrogens (tertiary/aromatic N) is 1. The molecule has 1 aliphatic rings. The molecule has 0 saturated carbocycles. The Morgan fingerprint density at radius 2 is 1.76 bits per heavy atom. The summed E-state index contributed by atoms with van der Waals surface area (Å²) < 4.78 is 5.68. The molecule has 0 aliphatic heterocycles. The molecule has 1 heterocycles. The van der Waals surface area contributed by atoms with Crippen molar-refractivity contribution >= 4 is 22.7 Å². The summed E-state index contributed by atoms with van der Waals surface area (Å²) >= 11 is 0. The van der Waals surface area contributed by atoms with Crippen molar-refractivity contribution in [1.29, 1.82) is 0 Å². The molecule has 0 amide bonds. The Morgan fingerprint density at radius 3 is 2.55 bits per heavy atom. The van der Waals surface area contributed by atoms with Crippen LogP contribution >= 0.6 is 0 Å². The van der Waals surface area contributed by atoms with Crippen molar-refractivity contribution in [2.75, 3.05) is 0 Å². The third-order valence-electron chi connectivity index (χ3n) is 5.82. The first kappa shape index (κ1) is 19.3. The SMILES string of the molecule is Cc1ccc(C(=O)[C@H](C)OC(=O)c2c3c(nc4ccccc24)CCCC3)cc1C. The second-order valence-corrected chi connectivity index (χ2v) is 7.85. The van der Waals surface area contributed by atoms with Crippen molar-refractivity contribution in [3.05, 3.63) is 76.0 Å². The molecular weight excluding hydrogens is 362 g/mol. The minimum absolute atomic E-state index is 0.186. The first-order valence-electron chi connectivity index (χ1n) is 10.2. The van der Waals surface area contributed by atoms with Gasteiger partial charge in [-0.25, -0.2) is 4.79 Å². The Labute approximate surface area is 170 Å². The maximum atomic E-state index is 13.2. The number of carbonyl (C=O) groups excluding carboxylic acids is 2. The number of hydrogen-bond donors (Lipinski definition) is 0. The summed E-state index contributed by atoms with van der Waals surface area (Å²) in [6, 6.07) is 13.2. The van der Waals surface area contributed by atoms with Crippen LogP contribution in [0.2, 0.25) is 0 Å². The lowest BCUT2D eigenvalue weighted by atomic mass is 9.90. The lowest BCUT2D eigenvalue weighted by molar-refractivity contribution is 0.0319. The van der Waals surface area contributed by atoms with Gasteiger partial charge in [0, 0.05) is 16.6 Å². The molecule has 0 spiro atoms. The largest absolute Gasteiger partial charge is 0.451 e. The number of esters is 1. The van der Waals surface area contributed by atoms with Gasteiger partial charge in [0.2, 0.25) is 5.78 Å². The first-order chi connectivity index (χ1) is 14.0. The van der Waals surface area contributed by atoms with E-state index < -0.39 is 12.1 Å². The molecule has 148 valence electrons. The Morgan fingerprint density at radius 1 is 1.00 bits per heavy atom. The number of ether oxygens (including phenoxy) is 1. The molecule has 4 nitrogen and oxygen atoms in total. The standard InChI is InChI=1S/C25H25NO3/c1-15-12-13-18(14-16(15)2)24(27)17(3)29-25(28)23-19-8-4-6-10-21(19)26-22-11-7-5-9-20(22)23/h4,6,8,10,12-14,17H,5,7,9,11H2,1-3H3/t17-/m0/s1. The van der Waals surface area contributed by atoms with Gasteiger partial charge in [-0.1, -0.05) is 30.3 Å². The predicted octanol–water partition coefficient (Wildman–Crippen LogP) is 5.16. The number of benzene rings is 2. The first-order valence-corrected chi connectivity index (χ1v) is 10.2. The molecule has 0 radical (unpaired) electrons. The number of hydrogen-bond acceptors (Lipinski definition) is 4. The van der Waals surface area contributed by atoms with Crippen LogP contribution in [-0.4, -0.2) is 22.8 Å². The van der Waals surface area contributed by atoms with Crippen molar-refractivity contribution in [2.45, 2.75) is 52.6 Å². The predicted molar refractivity (Wildman–Crippen MR) is 114 cm³/mol. The second kappa shape index (κ2) is 7.78. The van der Waals surface area contributed by atoms with E-state index in [1.54, 1.807) is 13.0 Å². The number of aryl methyl sites for hydroxylation is 3. The van der Waals surface area contributed by atoms with E-state index in [1.807, 2.05) is 50.2 Å². The molecule has 2 aromatic carbocycles. The molecule has 0 N–H and O–H groups in total. The van der Waals surface area contributed by atoms with Crippen molar-refractivity contribution in [1.82, 2.24) is 4.98 Å². The third-order valence-corrected chi connectivity index (χ3v) is 5.82. The minimum atomic E-state index is -0.851. The lowest BCUT2D eigenvalue weighted by Gasteiger charge is -2.21. The zero-order valence-electron chi connectivity index (χ0n) is 17.1. The average Bonchev–Trinajstić information content (AvgIpc) is 2.73. The molecule has 0 fully saturated rings. The van der Waals surface area contributed by atoms with Gasteiger partial charge in [-0.15, -0.1) is 0 Å². The highest BCUT2D eigenvalue weighted by Crippen LogP contribution is 2.30. The van der Waals surface area contributed by atoms with Gasteiger partial charge < -0.3 is 4.74 Å². The van der Waals surface area contributed by atoms with Gasteiger partial charge >= 0.3 is 5.97 Å². The van der Waals surface area contributed by atoms with Gasteiger partial charge in [0.25, 0.3) is 0 Å². The second-order valence-electron chi connectivity index (χ2n) is 7.85. The number of Topliss-reactive ketones (excluding diaryl/α,β-unsaturated/α-hetero) is 1. The number of carbonyl (C=O) groups is 2. The van der Waals surface area contributed by atoms with Gasteiger partial charge in [-0.05, 0) is 75.3 Å². The normalized spacial score (nSPS) is 14.3. The number of pyridine rings is 1. The summed E-state index contributed by atoms with van der Waals surface area (Å²) in [5.41, 5.74) is 6.07. The van der Waals surface area contributed by atoms with E-state index in [-0.39, 0.29) is 5.78 Å². The fraction of sp³-hybridized carbons (Fsp3) is 0.320. The van der Waals surface area contributed by atoms with E-state index in [9.17, 15) is 9.59 Å². The highest BCUT2D eigenvalue weighted by atomic mass is 16.5.